The Kier molecular flexibility index (Phi) is 5.65. The zero-order valence-corrected chi connectivity index (χ0v) is 18.1. The molecule has 2 aromatic carbocycles. The van der Waals surface area contributed by atoms with Gasteiger partial charge in [-0.05, 0) is 43.2 Å². The minimum absolute atomic E-state index is 0.330. The molecule has 5 rings (SSSR count). The number of nitrogens with zero attached hydrogens (tertiary/aromatic N) is 3. The van der Waals surface area contributed by atoms with Crippen molar-refractivity contribution >= 4 is 28.3 Å². The third kappa shape index (κ3) is 4.44. The van der Waals surface area contributed by atoms with Gasteiger partial charge >= 0.3 is 6.18 Å². The summed E-state index contributed by atoms with van der Waals surface area (Å²) in [6.07, 6.45) is -0.547. The maximum absolute atomic E-state index is 13.2. The Bertz CT molecular complexity index is 1360. The summed E-state index contributed by atoms with van der Waals surface area (Å²) >= 11 is 0. The maximum atomic E-state index is 13.2. The van der Waals surface area contributed by atoms with Crippen molar-refractivity contribution in [1.82, 2.24) is 9.97 Å². The third-order valence-electron chi connectivity index (χ3n) is 5.88. The van der Waals surface area contributed by atoms with Crippen LogP contribution in [0.1, 0.15) is 28.8 Å². The number of amides is 1. The highest BCUT2D eigenvalue weighted by Crippen LogP contribution is 2.32. The molecule has 4 aromatic rings. The highest BCUT2D eigenvalue weighted by Gasteiger charge is 2.30. The minimum Gasteiger partial charge on any atom is -0.357 e. The van der Waals surface area contributed by atoms with Crippen LogP contribution in [-0.2, 0) is 6.18 Å². The molecule has 0 aliphatic carbocycles. The molecule has 3 heterocycles. The molecule has 0 spiro atoms. The SMILES string of the molecule is O=C(Nc1ccnc(N2CCCC2)c1)c1cccc2ccc(-c3cccc(C(F)(F)F)c3)nc12. The standard InChI is InChI=1S/C26H21F3N4O/c27-26(28,29)19-7-3-6-18(15-19)22-10-9-17-5-4-8-21(24(17)32-22)25(34)31-20-11-12-30-23(16-20)33-13-1-2-14-33/h3-12,15-16H,1-2,13-14H2,(H,30,31,34). The lowest BCUT2D eigenvalue weighted by Gasteiger charge is -2.17. The predicted octanol–water partition coefficient (Wildman–Crippen LogP) is 6.17. The van der Waals surface area contributed by atoms with Crippen LogP contribution in [0.15, 0.2) is 72.9 Å². The molecule has 5 nitrogen and oxygen atoms in total. The van der Waals surface area contributed by atoms with E-state index in [1.54, 1.807) is 42.6 Å². The van der Waals surface area contributed by atoms with E-state index in [2.05, 4.69) is 20.2 Å². The van der Waals surface area contributed by atoms with E-state index in [0.29, 0.717) is 28.0 Å². The quantitative estimate of drug-likeness (QED) is 0.394. The van der Waals surface area contributed by atoms with Crippen molar-refractivity contribution < 1.29 is 18.0 Å². The van der Waals surface area contributed by atoms with Crippen molar-refractivity contribution in [3.8, 4) is 11.3 Å². The van der Waals surface area contributed by atoms with Gasteiger partial charge < -0.3 is 10.2 Å². The largest absolute Gasteiger partial charge is 0.416 e. The van der Waals surface area contributed by atoms with Crippen LogP contribution in [0, 0.1) is 0 Å². The Hall–Kier alpha value is -3.94. The van der Waals surface area contributed by atoms with E-state index >= 15 is 0 Å². The summed E-state index contributed by atoms with van der Waals surface area (Å²) in [7, 11) is 0. The number of para-hydroxylation sites is 1. The van der Waals surface area contributed by atoms with Crippen molar-refractivity contribution in [2.75, 3.05) is 23.3 Å². The predicted molar refractivity (Wildman–Crippen MR) is 126 cm³/mol. The van der Waals surface area contributed by atoms with Crippen LogP contribution in [0.3, 0.4) is 0 Å². The van der Waals surface area contributed by atoms with Gasteiger partial charge in [0.1, 0.15) is 5.82 Å². The zero-order valence-electron chi connectivity index (χ0n) is 18.1. The van der Waals surface area contributed by atoms with Crippen molar-refractivity contribution in [1.29, 1.82) is 0 Å². The molecule has 1 saturated heterocycles. The first-order valence-electron chi connectivity index (χ1n) is 11.0. The average Bonchev–Trinajstić information content (AvgIpc) is 3.38. The van der Waals surface area contributed by atoms with E-state index in [0.717, 1.165) is 49.3 Å². The molecule has 0 bridgehead atoms. The number of hydrogen-bond donors (Lipinski definition) is 1. The molecule has 8 heteroatoms. The Morgan fingerprint density at radius 2 is 1.74 bits per heavy atom. The van der Waals surface area contributed by atoms with E-state index in [9.17, 15) is 18.0 Å². The Balaban J connectivity index is 1.47. The molecule has 1 aliphatic rings. The summed E-state index contributed by atoms with van der Waals surface area (Å²) in [5.41, 5.74) is 1.32. The molecule has 0 unspecified atom stereocenters. The number of fused-ring (bicyclic) bond motifs is 1. The fourth-order valence-corrected chi connectivity index (χ4v) is 4.16. The van der Waals surface area contributed by atoms with Crippen LogP contribution in [-0.4, -0.2) is 29.0 Å². The van der Waals surface area contributed by atoms with Crippen LogP contribution in [0.2, 0.25) is 0 Å². The first-order valence-corrected chi connectivity index (χ1v) is 11.0. The summed E-state index contributed by atoms with van der Waals surface area (Å²) in [5.74, 6) is 0.469. The molecule has 0 atom stereocenters. The van der Waals surface area contributed by atoms with Crippen LogP contribution in [0.25, 0.3) is 22.2 Å². The number of rotatable bonds is 4. The van der Waals surface area contributed by atoms with Gasteiger partial charge in [0.15, 0.2) is 0 Å². The normalized spacial score (nSPS) is 13.9. The molecule has 1 aliphatic heterocycles. The van der Waals surface area contributed by atoms with Gasteiger partial charge in [0.2, 0.25) is 0 Å². The molecule has 1 amide bonds. The van der Waals surface area contributed by atoms with E-state index in [1.165, 1.54) is 6.07 Å². The minimum atomic E-state index is -4.45. The number of aromatic nitrogens is 2. The van der Waals surface area contributed by atoms with Gasteiger partial charge in [-0.25, -0.2) is 9.97 Å². The van der Waals surface area contributed by atoms with Crippen LogP contribution in [0.5, 0.6) is 0 Å². The van der Waals surface area contributed by atoms with Gasteiger partial charge in [-0.15, -0.1) is 0 Å². The molecule has 1 fully saturated rings. The Morgan fingerprint density at radius 3 is 2.53 bits per heavy atom. The molecule has 0 radical (unpaired) electrons. The first-order chi connectivity index (χ1) is 16.4. The number of hydrogen-bond acceptors (Lipinski definition) is 4. The number of carbonyl (C=O) groups excluding carboxylic acids is 1. The number of halogens is 3. The lowest BCUT2D eigenvalue weighted by atomic mass is 10.0. The summed E-state index contributed by atoms with van der Waals surface area (Å²) < 4.78 is 39.5. The second kappa shape index (κ2) is 8.78. The molecule has 1 N–H and O–H groups in total. The van der Waals surface area contributed by atoms with Gasteiger partial charge in [0.05, 0.1) is 22.3 Å². The molecule has 172 valence electrons. The number of carbonyl (C=O) groups is 1. The van der Waals surface area contributed by atoms with Gasteiger partial charge in [-0.3, -0.25) is 4.79 Å². The van der Waals surface area contributed by atoms with Crippen LogP contribution < -0.4 is 10.2 Å². The summed E-state index contributed by atoms with van der Waals surface area (Å²) in [4.78, 5) is 24.3. The first kappa shape index (κ1) is 21.9. The van der Waals surface area contributed by atoms with E-state index < -0.39 is 11.7 Å². The van der Waals surface area contributed by atoms with E-state index in [1.807, 2.05) is 12.1 Å². The monoisotopic (exact) mass is 462 g/mol. The highest BCUT2D eigenvalue weighted by atomic mass is 19.4. The van der Waals surface area contributed by atoms with Crippen molar-refractivity contribution in [3.05, 3.63) is 84.1 Å². The van der Waals surface area contributed by atoms with E-state index in [-0.39, 0.29) is 5.91 Å². The van der Waals surface area contributed by atoms with Gasteiger partial charge in [-0.1, -0.05) is 30.3 Å². The summed E-state index contributed by atoms with van der Waals surface area (Å²) in [6.45, 7) is 1.88. The van der Waals surface area contributed by atoms with Gasteiger partial charge in [-0.2, -0.15) is 13.2 Å². The van der Waals surface area contributed by atoms with Crippen molar-refractivity contribution in [2.24, 2.45) is 0 Å². The topological polar surface area (TPSA) is 58.1 Å². The number of alkyl halides is 3. The number of anilines is 2. The Morgan fingerprint density at radius 1 is 0.941 bits per heavy atom. The lowest BCUT2D eigenvalue weighted by Crippen LogP contribution is -2.19. The number of pyridine rings is 2. The zero-order chi connectivity index (χ0) is 23.7. The fraction of sp³-hybridized carbons (Fsp3) is 0.192. The third-order valence-corrected chi connectivity index (χ3v) is 5.88. The number of benzene rings is 2. The maximum Gasteiger partial charge on any atom is 0.416 e. The van der Waals surface area contributed by atoms with E-state index in [4.69, 9.17) is 0 Å². The molecule has 34 heavy (non-hydrogen) atoms. The van der Waals surface area contributed by atoms with Crippen LogP contribution in [0.4, 0.5) is 24.7 Å². The molecular formula is C26H21F3N4O. The lowest BCUT2D eigenvalue weighted by molar-refractivity contribution is -0.137. The Labute approximate surface area is 194 Å². The highest BCUT2D eigenvalue weighted by molar-refractivity contribution is 6.12. The molecule has 0 saturated carbocycles. The fourth-order valence-electron chi connectivity index (χ4n) is 4.16. The molecule has 2 aromatic heterocycles. The average molecular weight is 462 g/mol. The summed E-state index contributed by atoms with van der Waals surface area (Å²) in [5, 5.41) is 3.63. The second-order valence-electron chi connectivity index (χ2n) is 8.20. The number of nitrogens with one attached hydrogen (secondary N) is 1. The smallest absolute Gasteiger partial charge is 0.357 e. The van der Waals surface area contributed by atoms with Crippen molar-refractivity contribution in [3.63, 3.8) is 0 Å². The summed E-state index contributed by atoms with van der Waals surface area (Å²) in [6, 6.07) is 17.2. The van der Waals surface area contributed by atoms with Gasteiger partial charge in [0.25, 0.3) is 5.91 Å². The second-order valence-corrected chi connectivity index (χ2v) is 8.20. The van der Waals surface area contributed by atoms with Gasteiger partial charge in [0, 0.05) is 42.0 Å². The van der Waals surface area contributed by atoms with Crippen molar-refractivity contribution in [2.45, 2.75) is 19.0 Å². The van der Waals surface area contributed by atoms with Crippen LogP contribution >= 0.6 is 0 Å². The molecular weight excluding hydrogens is 441 g/mol.